The number of fused-ring (bicyclic) bond motifs is 1. The van der Waals surface area contributed by atoms with Crippen LogP contribution in [0.4, 0.5) is 5.82 Å². The summed E-state index contributed by atoms with van der Waals surface area (Å²) in [4.78, 5) is 41.1. The number of nitrogens with one attached hydrogen (secondary N) is 3. The summed E-state index contributed by atoms with van der Waals surface area (Å²) < 4.78 is 40.6. The number of unbranched alkanes of at least 4 members (excludes halogenated alkanes) is 1. The number of rotatable bonds is 16. The van der Waals surface area contributed by atoms with Crippen LogP contribution in [0.1, 0.15) is 81.7 Å². The fraction of sp³-hybridized carbons (Fsp3) is 0.562. The summed E-state index contributed by atoms with van der Waals surface area (Å²) in [6, 6.07) is 5.85. The Balaban J connectivity index is 1.60. The smallest absolute Gasteiger partial charge is 0.326 e. The number of aliphatic carboxylic acids is 1. The van der Waals surface area contributed by atoms with Crippen LogP contribution in [0, 0.1) is 13.8 Å². The quantitative estimate of drug-likeness (QED) is 0.155. The lowest BCUT2D eigenvalue weighted by molar-refractivity contribution is -0.156. The van der Waals surface area contributed by atoms with Crippen molar-refractivity contribution >= 4 is 33.7 Å². The molecule has 1 amide bonds. The van der Waals surface area contributed by atoms with Crippen LogP contribution in [0.2, 0.25) is 0 Å². The van der Waals surface area contributed by atoms with Crippen molar-refractivity contribution in [2.75, 3.05) is 25.0 Å². The monoisotopic (exact) mass is 646 g/mol. The number of esters is 1. The molecule has 2 heterocycles. The normalized spacial score (nSPS) is 13.7. The largest absolute Gasteiger partial charge is 0.494 e. The van der Waals surface area contributed by atoms with Gasteiger partial charge in [-0.15, -0.1) is 0 Å². The van der Waals surface area contributed by atoms with Crippen LogP contribution in [0.3, 0.4) is 0 Å². The van der Waals surface area contributed by atoms with Gasteiger partial charge in [0.25, 0.3) is 0 Å². The number of pyridine rings is 1. The number of amides is 1. The molecule has 0 aliphatic carbocycles. The summed E-state index contributed by atoms with van der Waals surface area (Å²) >= 11 is 0. The number of carboxylic acids is 1. The molecule has 0 spiro atoms. The standard InChI is InChI=1S/C32H46N4O8S/c1-21-18-25(43-17-9-13-28(38)39)19-22(2)29(21)45(41,42)36-26(31(40)44-32(3,4)5)20-34-27(37)12-7-6-11-24-15-14-23-10-8-16-33-30(23)35-24/h14-15,18-19,26,36H,6-13,16-17,20H2,1-5H3,(H,33,35)(H,34,37)(H,38,39)/t26-/m0/s1. The van der Waals surface area contributed by atoms with Crippen LogP contribution in [0.5, 0.6) is 5.75 Å². The van der Waals surface area contributed by atoms with Crippen molar-refractivity contribution in [3.8, 4) is 5.75 Å². The number of hydrogen-bond donors (Lipinski definition) is 4. The average molecular weight is 647 g/mol. The molecule has 1 aliphatic rings. The molecule has 3 rings (SSSR count). The fourth-order valence-electron chi connectivity index (χ4n) is 5.03. The lowest BCUT2D eigenvalue weighted by atomic mass is 10.1. The van der Waals surface area contributed by atoms with E-state index < -0.39 is 33.6 Å². The molecule has 0 radical (unpaired) electrons. The minimum Gasteiger partial charge on any atom is -0.494 e. The van der Waals surface area contributed by atoms with E-state index in [4.69, 9.17) is 14.6 Å². The highest BCUT2D eigenvalue weighted by Crippen LogP contribution is 2.26. The predicted molar refractivity (Wildman–Crippen MR) is 170 cm³/mol. The van der Waals surface area contributed by atoms with Gasteiger partial charge in [0.05, 0.1) is 11.5 Å². The first-order valence-corrected chi connectivity index (χ1v) is 16.8. The van der Waals surface area contributed by atoms with Crippen molar-refractivity contribution in [1.82, 2.24) is 15.0 Å². The highest BCUT2D eigenvalue weighted by molar-refractivity contribution is 7.89. The zero-order valence-corrected chi connectivity index (χ0v) is 27.6. The molecule has 0 unspecified atom stereocenters. The van der Waals surface area contributed by atoms with Crippen molar-refractivity contribution in [3.63, 3.8) is 0 Å². The molecule has 1 aliphatic heterocycles. The number of carbonyl (C=O) groups is 3. The van der Waals surface area contributed by atoms with E-state index in [-0.39, 0.29) is 36.8 Å². The van der Waals surface area contributed by atoms with Gasteiger partial charge in [0.15, 0.2) is 0 Å². The summed E-state index contributed by atoms with van der Waals surface area (Å²) in [7, 11) is -4.23. The first kappa shape index (κ1) is 35.8. The molecule has 2 aromatic rings. The zero-order valence-electron chi connectivity index (χ0n) is 26.8. The molecule has 1 aromatic carbocycles. The van der Waals surface area contributed by atoms with Gasteiger partial charge in [-0.3, -0.25) is 14.4 Å². The molecule has 1 atom stereocenters. The number of aryl methyl sites for hydroxylation is 4. The van der Waals surface area contributed by atoms with Gasteiger partial charge in [-0.25, -0.2) is 13.4 Å². The van der Waals surface area contributed by atoms with E-state index in [0.29, 0.717) is 29.7 Å². The van der Waals surface area contributed by atoms with Crippen LogP contribution in [0.25, 0.3) is 0 Å². The Labute approximate surface area is 265 Å². The van der Waals surface area contributed by atoms with Crippen LogP contribution in [-0.2, 0) is 42.0 Å². The van der Waals surface area contributed by atoms with Gasteiger partial charge in [0.1, 0.15) is 23.2 Å². The van der Waals surface area contributed by atoms with Gasteiger partial charge in [-0.05, 0) is 108 Å². The Morgan fingerprint density at radius 1 is 1.07 bits per heavy atom. The third-order valence-corrected chi connectivity index (χ3v) is 8.81. The van der Waals surface area contributed by atoms with Crippen LogP contribution >= 0.6 is 0 Å². The van der Waals surface area contributed by atoms with E-state index in [0.717, 1.165) is 43.7 Å². The molecule has 45 heavy (non-hydrogen) atoms. The number of anilines is 1. The highest BCUT2D eigenvalue weighted by Gasteiger charge is 2.32. The van der Waals surface area contributed by atoms with Gasteiger partial charge in [-0.1, -0.05) is 6.07 Å². The van der Waals surface area contributed by atoms with Gasteiger partial charge in [0, 0.05) is 31.6 Å². The molecule has 12 nitrogen and oxygen atoms in total. The third kappa shape index (κ3) is 11.6. The van der Waals surface area contributed by atoms with Gasteiger partial charge in [-0.2, -0.15) is 4.72 Å². The van der Waals surface area contributed by atoms with Crippen molar-refractivity contribution < 1.29 is 37.4 Å². The summed E-state index contributed by atoms with van der Waals surface area (Å²) in [6.07, 6.45) is 4.68. The van der Waals surface area contributed by atoms with Gasteiger partial charge in [0.2, 0.25) is 15.9 Å². The second-order valence-corrected chi connectivity index (χ2v) is 13.9. The van der Waals surface area contributed by atoms with E-state index >= 15 is 0 Å². The molecule has 0 bridgehead atoms. The van der Waals surface area contributed by atoms with Crippen molar-refractivity contribution in [2.24, 2.45) is 0 Å². The van der Waals surface area contributed by atoms with E-state index in [2.05, 4.69) is 26.4 Å². The van der Waals surface area contributed by atoms with Crippen molar-refractivity contribution in [3.05, 3.63) is 46.6 Å². The van der Waals surface area contributed by atoms with E-state index in [1.807, 2.05) is 6.07 Å². The summed E-state index contributed by atoms with van der Waals surface area (Å²) in [5, 5.41) is 14.8. The second-order valence-electron chi connectivity index (χ2n) is 12.3. The molecule has 1 aromatic heterocycles. The van der Waals surface area contributed by atoms with Gasteiger partial charge < -0.3 is 25.2 Å². The molecule has 13 heteroatoms. The molecule has 0 saturated heterocycles. The Kier molecular flexibility index (Phi) is 12.7. The predicted octanol–water partition coefficient (Wildman–Crippen LogP) is 3.82. The van der Waals surface area contributed by atoms with Crippen LogP contribution < -0.4 is 20.1 Å². The van der Waals surface area contributed by atoms with E-state index in [9.17, 15) is 22.8 Å². The number of nitrogens with zero attached hydrogens (tertiary/aromatic N) is 1. The van der Waals surface area contributed by atoms with Gasteiger partial charge >= 0.3 is 11.9 Å². The summed E-state index contributed by atoms with van der Waals surface area (Å²) in [5.41, 5.74) is 2.07. The number of carbonyl (C=O) groups excluding carboxylic acids is 2. The Morgan fingerprint density at radius 2 is 1.78 bits per heavy atom. The highest BCUT2D eigenvalue weighted by atomic mass is 32.2. The lowest BCUT2D eigenvalue weighted by Gasteiger charge is -2.25. The molecule has 4 N–H and O–H groups in total. The number of hydrogen-bond acceptors (Lipinski definition) is 9. The first-order valence-electron chi connectivity index (χ1n) is 15.3. The van der Waals surface area contributed by atoms with E-state index in [1.54, 1.807) is 46.8 Å². The number of ether oxygens (including phenoxy) is 2. The van der Waals surface area contributed by atoms with Crippen molar-refractivity contribution in [2.45, 2.75) is 103 Å². The maximum Gasteiger partial charge on any atom is 0.326 e. The minimum atomic E-state index is -4.23. The van der Waals surface area contributed by atoms with Crippen molar-refractivity contribution in [1.29, 1.82) is 0 Å². The SMILES string of the molecule is Cc1cc(OCCCC(=O)O)cc(C)c1S(=O)(=O)N[C@@H](CNC(=O)CCCCc1ccc2c(n1)NCCC2)C(=O)OC(C)(C)C. The first-order chi connectivity index (χ1) is 21.1. The number of aromatic nitrogens is 1. The minimum absolute atomic E-state index is 0.0220. The lowest BCUT2D eigenvalue weighted by Crippen LogP contribution is -2.50. The number of sulfonamides is 1. The Morgan fingerprint density at radius 3 is 2.44 bits per heavy atom. The maximum absolute atomic E-state index is 13.5. The fourth-order valence-corrected chi connectivity index (χ4v) is 6.67. The number of carboxylic acid groups (broad SMARTS) is 1. The molecule has 0 saturated carbocycles. The van der Waals surface area contributed by atoms with Crippen LogP contribution in [0.15, 0.2) is 29.2 Å². The number of benzene rings is 1. The topological polar surface area (TPSA) is 173 Å². The Hall–Kier alpha value is -3.71. The van der Waals surface area contributed by atoms with E-state index in [1.165, 1.54) is 5.56 Å². The molecular formula is C32H46N4O8S. The molecule has 248 valence electrons. The molecule has 0 fully saturated rings. The van der Waals surface area contributed by atoms with Crippen LogP contribution in [-0.4, -0.2) is 67.7 Å². The zero-order chi connectivity index (χ0) is 33.2. The Bertz CT molecular complexity index is 1450. The summed E-state index contributed by atoms with van der Waals surface area (Å²) in [5.74, 6) is -0.698. The molecular weight excluding hydrogens is 600 g/mol. The third-order valence-electron chi connectivity index (χ3n) is 7.04. The second kappa shape index (κ2) is 16.0. The maximum atomic E-state index is 13.5. The summed E-state index contributed by atoms with van der Waals surface area (Å²) in [6.45, 7) is 9.02. The average Bonchev–Trinajstić information content (AvgIpc) is 2.94.